The van der Waals surface area contributed by atoms with E-state index in [1.54, 1.807) is 0 Å². The van der Waals surface area contributed by atoms with Crippen molar-refractivity contribution >= 4 is 11.9 Å². The van der Waals surface area contributed by atoms with E-state index in [9.17, 15) is 9.59 Å². The largest absolute Gasteiger partial charge is 0.480 e. The normalized spacial score (nSPS) is 10.4. The van der Waals surface area contributed by atoms with Gasteiger partial charge in [0.1, 0.15) is 12.2 Å². The Morgan fingerprint density at radius 2 is 2.10 bits per heavy atom. The SMILES string of the molecule is Cc1ccc(C)c(C(=O)NCc2cn(CC(=O)O)nn2)c1. The van der Waals surface area contributed by atoms with Crippen LogP contribution in [-0.4, -0.2) is 32.0 Å². The van der Waals surface area contributed by atoms with Crippen molar-refractivity contribution < 1.29 is 14.7 Å². The lowest BCUT2D eigenvalue weighted by Gasteiger charge is -2.07. The number of carbonyl (C=O) groups excluding carboxylic acids is 1. The zero-order valence-corrected chi connectivity index (χ0v) is 11.8. The molecule has 110 valence electrons. The van der Waals surface area contributed by atoms with Crippen molar-refractivity contribution in [3.63, 3.8) is 0 Å². The lowest BCUT2D eigenvalue weighted by Crippen LogP contribution is -2.24. The number of carbonyl (C=O) groups is 2. The predicted molar refractivity (Wildman–Crippen MR) is 74.7 cm³/mol. The van der Waals surface area contributed by atoms with Crippen LogP contribution in [0.4, 0.5) is 0 Å². The van der Waals surface area contributed by atoms with Gasteiger partial charge in [0.05, 0.1) is 12.7 Å². The van der Waals surface area contributed by atoms with E-state index in [-0.39, 0.29) is 19.0 Å². The summed E-state index contributed by atoms with van der Waals surface area (Å²) in [5, 5.41) is 18.9. The first-order chi connectivity index (χ1) is 9.95. The van der Waals surface area contributed by atoms with Gasteiger partial charge in [-0.25, -0.2) is 4.68 Å². The molecule has 0 saturated carbocycles. The predicted octanol–water partition coefficient (Wildman–Crippen LogP) is 0.910. The van der Waals surface area contributed by atoms with Crippen LogP contribution in [0.15, 0.2) is 24.4 Å². The third-order valence-electron chi connectivity index (χ3n) is 2.95. The fraction of sp³-hybridized carbons (Fsp3) is 0.286. The number of hydrogen-bond donors (Lipinski definition) is 2. The molecule has 0 atom stereocenters. The topological polar surface area (TPSA) is 97.1 Å². The number of aromatic nitrogens is 3. The summed E-state index contributed by atoms with van der Waals surface area (Å²) in [5.41, 5.74) is 3.04. The summed E-state index contributed by atoms with van der Waals surface area (Å²) in [5.74, 6) is -1.19. The second-order valence-corrected chi connectivity index (χ2v) is 4.80. The molecule has 0 aliphatic heterocycles. The molecule has 21 heavy (non-hydrogen) atoms. The average Bonchev–Trinajstić information content (AvgIpc) is 2.85. The highest BCUT2D eigenvalue weighted by molar-refractivity contribution is 5.95. The molecule has 1 aromatic carbocycles. The van der Waals surface area contributed by atoms with Gasteiger partial charge in [-0.05, 0) is 25.5 Å². The average molecular weight is 288 g/mol. The van der Waals surface area contributed by atoms with Crippen LogP contribution >= 0.6 is 0 Å². The van der Waals surface area contributed by atoms with E-state index in [2.05, 4.69) is 15.6 Å². The maximum atomic E-state index is 12.1. The minimum absolute atomic E-state index is 0.191. The highest BCUT2D eigenvalue weighted by Gasteiger charge is 2.10. The summed E-state index contributed by atoms with van der Waals surface area (Å²) in [6.07, 6.45) is 1.50. The van der Waals surface area contributed by atoms with Crippen molar-refractivity contribution in [3.05, 3.63) is 46.8 Å². The Balaban J connectivity index is 1.99. The van der Waals surface area contributed by atoms with Crippen molar-refractivity contribution in [2.45, 2.75) is 26.9 Å². The molecule has 1 amide bonds. The number of aliphatic carboxylic acids is 1. The molecule has 2 aromatic rings. The number of benzene rings is 1. The molecule has 1 aromatic heterocycles. The van der Waals surface area contributed by atoms with Gasteiger partial charge in [0.25, 0.3) is 5.91 Å². The maximum absolute atomic E-state index is 12.1. The summed E-state index contributed by atoms with van der Waals surface area (Å²) in [6.45, 7) is 3.75. The van der Waals surface area contributed by atoms with Crippen LogP contribution in [0.1, 0.15) is 27.2 Å². The molecule has 0 aliphatic rings. The second-order valence-electron chi connectivity index (χ2n) is 4.80. The third kappa shape index (κ3) is 3.88. The molecule has 7 nitrogen and oxygen atoms in total. The second kappa shape index (κ2) is 6.17. The van der Waals surface area contributed by atoms with E-state index in [1.807, 2.05) is 32.0 Å². The summed E-state index contributed by atoms with van der Waals surface area (Å²) in [7, 11) is 0. The molecular weight excluding hydrogens is 272 g/mol. The van der Waals surface area contributed by atoms with E-state index in [0.717, 1.165) is 11.1 Å². The molecule has 0 fully saturated rings. The van der Waals surface area contributed by atoms with E-state index >= 15 is 0 Å². The smallest absolute Gasteiger partial charge is 0.325 e. The zero-order valence-electron chi connectivity index (χ0n) is 11.8. The van der Waals surface area contributed by atoms with Crippen LogP contribution in [0.3, 0.4) is 0 Å². The van der Waals surface area contributed by atoms with Gasteiger partial charge < -0.3 is 10.4 Å². The maximum Gasteiger partial charge on any atom is 0.325 e. The number of nitrogens with one attached hydrogen (secondary N) is 1. The molecule has 2 N–H and O–H groups in total. The lowest BCUT2D eigenvalue weighted by molar-refractivity contribution is -0.137. The Kier molecular flexibility index (Phi) is 4.32. The van der Waals surface area contributed by atoms with Gasteiger partial charge >= 0.3 is 5.97 Å². The van der Waals surface area contributed by atoms with E-state index in [1.165, 1.54) is 10.9 Å². The number of hydrogen-bond acceptors (Lipinski definition) is 4. The van der Waals surface area contributed by atoms with Gasteiger partial charge in [0, 0.05) is 5.56 Å². The lowest BCUT2D eigenvalue weighted by atomic mass is 10.1. The Hall–Kier alpha value is -2.70. The number of rotatable bonds is 5. The molecule has 0 spiro atoms. The minimum Gasteiger partial charge on any atom is -0.480 e. The first kappa shape index (κ1) is 14.7. The van der Waals surface area contributed by atoms with Gasteiger partial charge in [-0.15, -0.1) is 5.10 Å². The van der Waals surface area contributed by atoms with Crippen LogP contribution in [0.2, 0.25) is 0 Å². The Labute approximate surface area is 121 Å². The molecule has 0 saturated heterocycles. The summed E-state index contributed by atoms with van der Waals surface area (Å²) < 4.78 is 1.21. The Bertz CT molecular complexity index is 679. The minimum atomic E-state index is -0.995. The number of nitrogens with zero attached hydrogens (tertiary/aromatic N) is 3. The van der Waals surface area contributed by atoms with E-state index < -0.39 is 5.97 Å². The number of carboxylic acid groups (broad SMARTS) is 1. The first-order valence-corrected chi connectivity index (χ1v) is 6.42. The third-order valence-corrected chi connectivity index (χ3v) is 2.95. The highest BCUT2D eigenvalue weighted by atomic mass is 16.4. The highest BCUT2D eigenvalue weighted by Crippen LogP contribution is 2.10. The van der Waals surface area contributed by atoms with Gasteiger partial charge in [-0.3, -0.25) is 9.59 Å². The van der Waals surface area contributed by atoms with Crippen molar-refractivity contribution in [1.82, 2.24) is 20.3 Å². The van der Waals surface area contributed by atoms with E-state index in [0.29, 0.717) is 11.3 Å². The van der Waals surface area contributed by atoms with Crippen molar-refractivity contribution in [3.8, 4) is 0 Å². The summed E-state index contributed by atoms with van der Waals surface area (Å²) in [4.78, 5) is 22.7. The number of amides is 1. The quantitative estimate of drug-likeness (QED) is 0.852. The van der Waals surface area contributed by atoms with Crippen LogP contribution in [0.5, 0.6) is 0 Å². The molecular formula is C14H16N4O3. The van der Waals surface area contributed by atoms with Crippen LogP contribution in [-0.2, 0) is 17.9 Å². The molecule has 0 radical (unpaired) electrons. The molecule has 2 rings (SSSR count). The summed E-state index contributed by atoms with van der Waals surface area (Å²) in [6, 6.07) is 5.67. The van der Waals surface area contributed by atoms with Crippen molar-refractivity contribution in [1.29, 1.82) is 0 Å². The molecule has 0 unspecified atom stereocenters. The van der Waals surface area contributed by atoms with Crippen LogP contribution < -0.4 is 5.32 Å². The molecule has 0 aliphatic carbocycles. The summed E-state index contributed by atoms with van der Waals surface area (Å²) >= 11 is 0. The standard InChI is InChI=1S/C14H16N4O3/c1-9-3-4-10(2)12(5-9)14(21)15-6-11-7-18(17-16-11)8-13(19)20/h3-5,7H,6,8H2,1-2H3,(H,15,21)(H,19,20). The monoisotopic (exact) mass is 288 g/mol. The molecule has 0 bridgehead atoms. The van der Waals surface area contributed by atoms with Crippen LogP contribution in [0.25, 0.3) is 0 Å². The van der Waals surface area contributed by atoms with Crippen LogP contribution in [0, 0.1) is 13.8 Å². The van der Waals surface area contributed by atoms with Crippen molar-refractivity contribution in [2.75, 3.05) is 0 Å². The number of carboxylic acids is 1. The van der Waals surface area contributed by atoms with Crippen molar-refractivity contribution in [2.24, 2.45) is 0 Å². The number of aryl methyl sites for hydroxylation is 2. The first-order valence-electron chi connectivity index (χ1n) is 6.42. The van der Waals surface area contributed by atoms with Gasteiger partial charge in [0.15, 0.2) is 0 Å². The Morgan fingerprint density at radius 3 is 2.81 bits per heavy atom. The fourth-order valence-electron chi connectivity index (χ4n) is 1.88. The van der Waals surface area contributed by atoms with Gasteiger partial charge in [-0.2, -0.15) is 0 Å². The fourth-order valence-corrected chi connectivity index (χ4v) is 1.88. The van der Waals surface area contributed by atoms with Gasteiger partial charge in [0.2, 0.25) is 0 Å². The van der Waals surface area contributed by atoms with E-state index in [4.69, 9.17) is 5.11 Å². The molecule has 7 heteroatoms. The molecule has 1 heterocycles. The zero-order chi connectivity index (χ0) is 15.4. The Morgan fingerprint density at radius 1 is 1.33 bits per heavy atom. The van der Waals surface area contributed by atoms with Gasteiger partial charge in [-0.1, -0.05) is 22.9 Å².